The predicted octanol–water partition coefficient (Wildman–Crippen LogP) is 2.41. The van der Waals surface area contributed by atoms with Gasteiger partial charge in [0.05, 0.1) is 11.4 Å². The molecule has 1 atom stereocenters. The maximum atomic E-state index is 5.72. The van der Waals surface area contributed by atoms with Crippen molar-refractivity contribution < 1.29 is 0 Å². The van der Waals surface area contributed by atoms with Crippen LogP contribution in [-0.2, 0) is 0 Å². The zero-order chi connectivity index (χ0) is 13.3. The molecule has 0 radical (unpaired) electrons. The maximum absolute atomic E-state index is 5.72. The Hall–Kier alpha value is -1.22. The Bertz CT molecular complexity index is 414. The summed E-state index contributed by atoms with van der Waals surface area (Å²) in [5.74, 6) is 0.557. The van der Waals surface area contributed by atoms with E-state index in [1.165, 1.54) is 16.9 Å². The first kappa shape index (κ1) is 13.2. The smallest absolute Gasteiger partial charge is 0.0637 e. The maximum Gasteiger partial charge on any atom is 0.0637 e. The Labute approximate surface area is 111 Å². The molecule has 1 aliphatic rings. The first-order valence-electron chi connectivity index (χ1n) is 6.83. The van der Waals surface area contributed by atoms with E-state index in [9.17, 15) is 0 Å². The van der Waals surface area contributed by atoms with Gasteiger partial charge in [-0.1, -0.05) is 26.0 Å². The van der Waals surface area contributed by atoms with Crippen LogP contribution in [0.4, 0.5) is 11.4 Å². The fourth-order valence-electron chi connectivity index (χ4n) is 2.92. The van der Waals surface area contributed by atoms with E-state index in [4.69, 9.17) is 5.73 Å². The van der Waals surface area contributed by atoms with E-state index in [1.54, 1.807) is 0 Å². The van der Waals surface area contributed by atoms with Gasteiger partial charge in [0.25, 0.3) is 0 Å². The van der Waals surface area contributed by atoms with E-state index >= 15 is 0 Å². The second-order valence-corrected chi connectivity index (χ2v) is 5.59. The van der Waals surface area contributed by atoms with Gasteiger partial charge in [-0.2, -0.15) is 0 Å². The third-order valence-corrected chi connectivity index (χ3v) is 3.96. The lowest BCUT2D eigenvalue weighted by Gasteiger charge is -2.42. The van der Waals surface area contributed by atoms with E-state index in [0.717, 1.165) is 19.5 Å². The molecule has 0 amide bonds. The van der Waals surface area contributed by atoms with Crippen LogP contribution >= 0.6 is 0 Å². The summed E-state index contributed by atoms with van der Waals surface area (Å²) in [4.78, 5) is 4.79. The summed E-state index contributed by atoms with van der Waals surface area (Å²) in [7, 11) is 4.39. The van der Waals surface area contributed by atoms with Gasteiger partial charge in [0.1, 0.15) is 0 Å². The van der Waals surface area contributed by atoms with Crippen LogP contribution in [0.2, 0.25) is 0 Å². The van der Waals surface area contributed by atoms with Crippen molar-refractivity contribution in [3.63, 3.8) is 0 Å². The number of hydrogen-bond acceptors (Lipinski definition) is 3. The second kappa shape index (κ2) is 5.19. The van der Waals surface area contributed by atoms with Crippen molar-refractivity contribution in [3.8, 4) is 0 Å². The number of nitrogens with two attached hydrogens (primary N) is 1. The Morgan fingerprint density at radius 2 is 2.06 bits per heavy atom. The average Bonchev–Trinajstić information content (AvgIpc) is 2.35. The lowest BCUT2D eigenvalue weighted by molar-refractivity contribution is 0.564. The van der Waals surface area contributed by atoms with Crippen LogP contribution in [0.25, 0.3) is 0 Å². The average molecular weight is 247 g/mol. The van der Waals surface area contributed by atoms with Gasteiger partial charge in [0.15, 0.2) is 0 Å². The number of anilines is 2. The summed E-state index contributed by atoms with van der Waals surface area (Å²) in [6.45, 7) is 6.33. The molecule has 1 aromatic carbocycles. The van der Waals surface area contributed by atoms with Gasteiger partial charge < -0.3 is 15.5 Å². The van der Waals surface area contributed by atoms with Crippen LogP contribution in [0, 0.1) is 0 Å². The number of nitrogens with zero attached hydrogens (tertiary/aromatic N) is 2. The van der Waals surface area contributed by atoms with Crippen molar-refractivity contribution in [2.75, 3.05) is 37.0 Å². The van der Waals surface area contributed by atoms with E-state index < -0.39 is 0 Å². The molecule has 3 nitrogen and oxygen atoms in total. The Morgan fingerprint density at radius 3 is 2.67 bits per heavy atom. The SMILES string of the molecule is CC(C)c1cccc2c1N(C)CC(CCN)N2C. The van der Waals surface area contributed by atoms with Crippen molar-refractivity contribution in [2.45, 2.75) is 32.2 Å². The van der Waals surface area contributed by atoms with Gasteiger partial charge in [-0.3, -0.25) is 0 Å². The predicted molar refractivity (Wildman–Crippen MR) is 79.7 cm³/mol. The Kier molecular flexibility index (Phi) is 3.81. The van der Waals surface area contributed by atoms with Gasteiger partial charge >= 0.3 is 0 Å². The number of para-hydroxylation sites is 1. The molecule has 2 N–H and O–H groups in total. The number of rotatable bonds is 3. The highest BCUT2D eigenvalue weighted by atomic mass is 15.3. The third kappa shape index (κ3) is 2.19. The molecule has 0 bridgehead atoms. The van der Waals surface area contributed by atoms with Crippen molar-refractivity contribution >= 4 is 11.4 Å². The molecule has 1 heterocycles. The Morgan fingerprint density at radius 1 is 1.33 bits per heavy atom. The molecule has 0 fully saturated rings. The topological polar surface area (TPSA) is 32.5 Å². The molecule has 0 aliphatic carbocycles. The molecule has 0 aromatic heterocycles. The summed E-state index contributed by atoms with van der Waals surface area (Å²) in [6.07, 6.45) is 1.05. The minimum atomic E-state index is 0.523. The minimum absolute atomic E-state index is 0.523. The van der Waals surface area contributed by atoms with Gasteiger partial charge in [0.2, 0.25) is 0 Å². The monoisotopic (exact) mass is 247 g/mol. The van der Waals surface area contributed by atoms with E-state index in [2.05, 4.69) is 55.9 Å². The lowest BCUT2D eigenvalue weighted by atomic mass is 9.96. The molecule has 0 saturated heterocycles. The highest BCUT2D eigenvalue weighted by molar-refractivity contribution is 5.77. The molecular formula is C15H25N3. The third-order valence-electron chi connectivity index (χ3n) is 3.96. The lowest BCUT2D eigenvalue weighted by Crippen LogP contribution is -2.47. The molecule has 1 aliphatic heterocycles. The normalized spacial score (nSPS) is 19.3. The standard InChI is InChI=1S/C15H25N3/c1-11(2)13-6-5-7-14-15(13)17(3)10-12(8-9-16)18(14)4/h5-7,11-12H,8-10,16H2,1-4H3. The van der Waals surface area contributed by atoms with Gasteiger partial charge in [0, 0.05) is 26.7 Å². The van der Waals surface area contributed by atoms with Crippen LogP contribution in [0.3, 0.4) is 0 Å². The van der Waals surface area contributed by atoms with Crippen LogP contribution in [-0.4, -0.2) is 33.2 Å². The number of fused-ring (bicyclic) bond motifs is 1. The molecule has 100 valence electrons. The first-order chi connectivity index (χ1) is 8.56. The van der Waals surface area contributed by atoms with Crippen LogP contribution < -0.4 is 15.5 Å². The largest absolute Gasteiger partial charge is 0.371 e. The molecule has 18 heavy (non-hydrogen) atoms. The van der Waals surface area contributed by atoms with Crippen molar-refractivity contribution in [2.24, 2.45) is 5.73 Å². The molecule has 1 unspecified atom stereocenters. The Balaban J connectivity index is 2.44. The highest BCUT2D eigenvalue weighted by Crippen LogP contribution is 2.40. The van der Waals surface area contributed by atoms with E-state index in [0.29, 0.717) is 12.0 Å². The molecule has 1 aromatic rings. The second-order valence-electron chi connectivity index (χ2n) is 5.59. The number of hydrogen-bond donors (Lipinski definition) is 1. The minimum Gasteiger partial charge on any atom is -0.371 e. The van der Waals surface area contributed by atoms with E-state index in [-0.39, 0.29) is 0 Å². The van der Waals surface area contributed by atoms with Crippen LogP contribution in [0.15, 0.2) is 18.2 Å². The zero-order valence-corrected chi connectivity index (χ0v) is 12.0. The highest BCUT2D eigenvalue weighted by Gasteiger charge is 2.28. The zero-order valence-electron chi connectivity index (χ0n) is 12.0. The molecule has 0 saturated carbocycles. The van der Waals surface area contributed by atoms with Crippen molar-refractivity contribution in [1.29, 1.82) is 0 Å². The van der Waals surface area contributed by atoms with E-state index in [1.807, 2.05) is 0 Å². The van der Waals surface area contributed by atoms with Crippen molar-refractivity contribution in [1.82, 2.24) is 0 Å². The van der Waals surface area contributed by atoms with Gasteiger partial charge in [-0.15, -0.1) is 0 Å². The number of benzene rings is 1. The summed E-state index contributed by atoms with van der Waals surface area (Å²) < 4.78 is 0. The summed E-state index contributed by atoms with van der Waals surface area (Å²) in [5.41, 5.74) is 9.89. The fraction of sp³-hybridized carbons (Fsp3) is 0.600. The van der Waals surface area contributed by atoms with Gasteiger partial charge in [-0.25, -0.2) is 0 Å². The quantitative estimate of drug-likeness (QED) is 0.890. The summed E-state index contributed by atoms with van der Waals surface area (Å²) in [5, 5.41) is 0. The van der Waals surface area contributed by atoms with Crippen molar-refractivity contribution in [3.05, 3.63) is 23.8 Å². The number of likely N-dealkylation sites (N-methyl/N-ethyl adjacent to an activating group) is 2. The van der Waals surface area contributed by atoms with Gasteiger partial charge in [-0.05, 0) is 30.5 Å². The van der Waals surface area contributed by atoms with Crippen LogP contribution in [0.1, 0.15) is 31.7 Å². The molecule has 0 spiro atoms. The first-order valence-corrected chi connectivity index (χ1v) is 6.83. The molecular weight excluding hydrogens is 222 g/mol. The molecule has 3 heteroatoms. The van der Waals surface area contributed by atoms with Crippen LogP contribution in [0.5, 0.6) is 0 Å². The summed E-state index contributed by atoms with van der Waals surface area (Å²) >= 11 is 0. The summed E-state index contributed by atoms with van der Waals surface area (Å²) in [6, 6.07) is 7.16. The molecule has 2 rings (SSSR count). The fourth-order valence-corrected chi connectivity index (χ4v) is 2.92.